The normalized spacial score (nSPS) is 31.5. The fraction of sp³-hybridized carbons (Fsp3) is 0.364. The molecule has 3 fully saturated rings. The summed E-state index contributed by atoms with van der Waals surface area (Å²) in [6, 6.07) is 14.4. The van der Waals surface area contributed by atoms with Crippen molar-refractivity contribution in [3.63, 3.8) is 0 Å². The number of hydrogen-bond acceptors (Lipinski definition) is 4. The van der Waals surface area contributed by atoms with Gasteiger partial charge < -0.3 is 9.80 Å². The maximum atomic E-state index is 13.8. The highest BCUT2D eigenvalue weighted by atomic mass is 79.9. The molecule has 0 aliphatic carbocycles. The third-order valence-electron chi connectivity index (χ3n) is 6.97. The predicted molar refractivity (Wildman–Crippen MR) is 117 cm³/mol. The fourth-order valence-electron chi connectivity index (χ4n) is 5.67. The first-order chi connectivity index (χ1) is 14.9. The molecule has 0 saturated carbocycles. The van der Waals surface area contributed by atoms with Crippen molar-refractivity contribution in [2.45, 2.75) is 46.7 Å². The molecule has 160 valence electrons. The van der Waals surface area contributed by atoms with Crippen molar-refractivity contribution < 1.29 is 18.0 Å². The number of alkyl halides is 1. The number of para-hydroxylation sites is 1. The van der Waals surface area contributed by atoms with Crippen LogP contribution in [-0.4, -0.2) is 54.8 Å². The average Bonchev–Trinajstić information content (AvgIpc) is 3.44. The van der Waals surface area contributed by atoms with Crippen molar-refractivity contribution in [1.82, 2.24) is 9.80 Å². The minimum absolute atomic E-state index is 0.0788. The molecule has 2 amide bonds. The molecule has 4 aliphatic rings. The molecule has 0 aromatic heterocycles. The van der Waals surface area contributed by atoms with E-state index in [-0.39, 0.29) is 16.7 Å². The molecular formula is C22H20BrN3O4S. The van der Waals surface area contributed by atoms with Crippen molar-refractivity contribution in [2.75, 3.05) is 10.8 Å². The van der Waals surface area contributed by atoms with E-state index >= 15 is 0 Å². The lowest BCUT2D eigenvalue weighted by Gasteiger charge is -2.43. The van der Waals surface area contributed by atoms with Crippen molar-refractivity contribution >= 4 is 43.5 Å². The van der Waals surface area contributed by atoms with Crippen LogP contribution in [0.4, 0.5) is 5.69 Å². The maximum absolute atomic E-state index is 13.8. The summed E-state index contributed by atoms with van der Waals surface area (Å²) in [4.78, 5) is 30.2. The number of halogens is 1. The second-order valence-corrected chi connectivity index (χ2v) is 11.8. The number of benzene rings is 2. The van der Waals surface area contributed by atoms with Crippen LogP contribution in [0.15, 0.2) is 59.5 Å². The Balaban J connectivity index is 1.56. The fourth-order valence-corrected chi connectivity index (χ4v) is 8.56. The zero-order valence-corrected chi connectivity index (χ0v) is 18.9. The molecule has 2 aromatic carbocycles. The Labute approximate surface area is 188 Å². The van der Waals surface area contributed by atoms with Crippen LogP contribution in [0, 0.1) is 0 Å². The molecule has 2 aromatic rings. The van der Waals surface area contributed by atoms with Crippen molar-refractivity contribution in [3.8, 4) is 0 Å². The van der Waals surface area contributed by atoms with Crippen LogP contribution in [0.5, 0.6) is 0 Å². The first-order valence-electron chi connectivity index (χ1n) is 10.4. The van der Waals surface area contributed by atoms with Gasteiger partial charge in [0, 0.05) is 13.0 Å². The highest BCUT2D eigenvalue weighted by molar-refractivity contribution is 9.09. The summed E-state index contributed by atoms with van der Waals surface area (Å²) >= 11 is 3.83. The minimum Gasteiger partial charge on any atom is -0.329 e. The van der Waals surface area contributed by atoms with E-state index in [1.165, 1.54) is 4.31 Å². The number of rotatable bonds is 2. The predicted octanol–water partition coefficient (Wildman–Crippen LogP) is 2.42. The Morgan fingerprint density at radius 3 is 2.42 bits per heavy atom. The number of carbonyl (C=O) groups excluding carboxylic acids is 2. The number of sulfonamides is 1. The van der Waals surface area contributed by atoms with Gasteiger partial charge in [-0.15, -0.1) is 0 Å². The van der Waals surface area contributed by atoms with Crippen LogP contribution in [0.25, 0.3) is 0 Å². The second kappa shape index (κ2) is 6.32. The molecule has 9 heteroatoms. The van der Waals surface area contributed by atoms with Crippen molar-refractivity contribution in [3.05, 3.63) is 60.2 Å². The minimum atomic E-state index is -3.97. The smallest absolute Gasteiger partial charge is 0.266 e. The molecular weight excluding hydrogens is 482 g/mol. The number of hydrogen-bond donors (Lipinski definition) is 0. The number of anilines is 1. The molecule has 3 saturated heterocycles. The van der Waals surface area contributed by atoms with Crippen LogP contribution in [0.2, 0.25) is 0 Å². The molecule has 6 rings (SSSR count). The van der Waals surface area contributed by atoms with E-state index in [2.05, 4.69) is 15.9 Å². The summed E-state index contributed by atoms with van der Waals surface area (Å²) in [7, 11) is -3.97. The van der Waals surface area contributed by atoms with Gasteiger partial charge in [-0.3, -0.25) is 9.59 Å². The summed E-state index contributed by atoms with van der Waals surface area (Å²) in [5.41, 5.74) is 1.33. The Kier molecular flexibility index (Phi) is 3.94. The molecule has 7 nitrogen and oxygen atoms in total. The Bertz CT molecular complexity index is 1220. The Morgan fingerprint density at radius 1 is 0.935 bits per heavy atom. The summed E-state index contributed by atoms with van der Waals surface area (Å²) in [5, 5.41) is 0. The van der Waals surface area contributed by atoms with Gasteiger partial charge in [-0.25, -0.2) is 12.7 Å². The van der Waals surface area contributed by atoms with Gasteiger partial charge in [0.25, 0.3) is 10.0 Å². The van der Waals surface area contributed by atoms with Crippen molar-refractivity contribution in [1.29, 1.82) is 0 Å². The first-order valence-corrected chi connectivity index (χ1v) is 12.6. The number of piperazine rings is 1. The number of nitrogens with zero attached hydrogens (tertiary/aromatic N) is 3. The van der Waals surface area contributed by atoms with Crippen LogP contribution < -0.4 is 4.31 Å². The van der Waals surface area contributed by atoms with Crippen LogP contribution in [-0.2, 0) is 23.9 Å². The van der Waals surface area contributed by atoms with Crippen LogP contribution in [0.3, 0.4) is 0 Å². The number of fused-ring (bicyclic) bond motifs is 6. The lowest BCUT2D eigenvalue weighted by atomic mass is 9.95. The summed E-state index contributed by atoms with van der Waals surface area (Å²) in [6.07, 6.45) is 0.913. The monoisotopic (exact) mass is 501 g/mol. The molecule has 0 bridgehead atoms. The van der Waals surface area contributed by atoms with E-state index in [4.69, 9.17) is 0 Å². The third-order valence-corrected chi connectivity index (χ3v) is 9.91. The van der Waals surface area contributed by atoms with Gasteiger partial charge in [-0.2, -0.15) is 0 Å². The molecule has 4 atom stereocenters. The number of amides is 2. The third kappa shape index (κ3) is 2.36. The molecule has 0 radical (unpaired) electrons. The molecule has 0 spiro atoms. The van der Waals surface area contributed by atoms with Gasteiger partial charge in [0.1, 0.15) is 18.2 Å². The summed E-state index contributed by atoms with van der Waals surface area (Å²) in [6.45, 7) is 0.585. The lowest BCUT2D eigenvalue weighted by molar-refractivity contribution is -0.158. The zero-order valence-electron chi connectivity index (χ0n) is 16.5. The van der Waals surface area contributed by atoms with E-state index in [1.807, 2.05) is 12.1 Å². The van der Waals surface area contributed by atoms with E-state index in [9.17, 15) is 18.0 Å². The molecule has 0 unspecified atom stereocenters. The van der Waals surface area contributed by atoms with E-state index in [1.54, 1.807) is 52.3 Å². The van der Waals surface area contributed by atoms with Gasteiger partial charge in [-0.05, 0) is 36.6 Å². The van der Waals surface area contributed by atoms with Crippen LogP contribution >= 0.6 is 15.9 Å². The topological polar surface area (TPSA) is 78.0 Å². The summed E-state index contributed by atoms with van der Waals surface area (Å²) in [5.74, 6) is -0.237. The Morgan fingerprint density at radius 2 is 1.65 bits per heavy atom. The van der Waals surface area contributed by atoms with E-state index in [0.717, 1.165) is 12.0 Å². The van der Waals surface area contributed by atoms with Gasteiger partial charge in [0.15, 0.2) is 0 Å². The van der Waals surface area contributed by atoms with Gasteiger partial charge in [0.05, 0.1) is 14.9 Å². The molecule has 4 aliphatic heterocycles. The SMILES string of the molecule is O=C1[C@@H]2C[C@]3(Br)c4ccccc4N(S(=O)(=O)c4ccccc4)[C@@H]3N2C(=O)[C@@H]2CCCN12. The summed E-state index contributed by atoms with van der Waals surface area (Å²) < 4.78 is 28.2. The highest BCUT2D eigenvalue weighted by Gasteiger charge is 2.68. The van der Waals surface area contributed by atoms with Gasteiger partial charge in [-0.1, -0.05) is 52.3 Å². The van der Waals surface area contributed by atoms with Crippen LogP contribution in [0.1, 0.15) is 24.8 Å². The quantitative estimate of drug-likeness (QED) is 0.592. The van der Waals surface area contributed by atoms with Gasteiger partial charge in [0.2, 0.25) is 11.8 Å². The standard InChI is InChI=1S/C22H20BrN3O4S/c23-22-13-18-19(27)24-12-6-11-17(24)20(28)25(18)21(22)26(16-10-5-4-9-15(16)22)31(29,30)14-7-2-1-3-8-14/h1-5,7-10,17-18,21H,6,11-13H2/t17-,18-,21-,22-/m0/s1. The highest BCUT2D eigenvalue weighted by Crippen LogP contribution is 2.60. The second-order valence-electron chi connectivity index (χ2n) is 8.52. The average molecular weight is 502 g/mol. The van der Waals surface area contributed by atoms with Crippen molar-refractivity contribution in [2.24, 2.45) is 0 Å². The molecule has 4 heterocycles. The first kappa shape index (κ1) is 19.3. The largest absolute Gasteiger partial charge is 0.329 e. The van der Waals surface area contributed by atoms with Gasteiger partial charge >= 0.3 is 0 Å². The van der Waals surface area contributed by atoms with E-state index < -0.39 is 32.6 Å². The molecule has 31 heavy (non-hydrogen) atoms. The number of carbonyl (C=O) groups is 2. The lowest BCUT2D eigenvalue weighted by Crippen LogP contribution is -2.65. The van der Waals surface area contributed by atoms with E-state index in [0.29, 0.717) is 25.1 Å². The molecule has 0 N–H and O–H groups in total. The maximum Gasteiger partial charge on any atom is 0.266 e. The zero-order chi connectivity index (χ0) is 21.5. The Hall–Kier alpha value is -2.39.